The normalized spacial score (nSPS) is 16.6. The van der Waals surface area contributed by atoms with Crippen molar-refractivity contribution in [2.75, 3.05) is 24.1 Å². The van der Waals surface area contributed by atoms with Gasteiger partial charge >= 0.3 is 5.97 Å². The quantitative estimate of drug-likeness (QED) is 0.0282. The summed E-state index contributed by atoms with van der Waals surface area (Å²) in [5.41, 5.74) is 4.46. The maximum absolute atomic E-state index is 14.1. The fourth-order valence-corrected chi connectivity index (χ4v) is 9.84. The summed E-state index contributed by atoms with van der Waals surface area (Å²) in [4.78, 5) is 53.4. The molecule has 3 heterocycles. The predicted molar refractivity (Wildman–Crippen MR) is 232 cm³/mol. The number of thiazole rings is 1. The van der Waals surface area contributed by atoms with E-state index in [-0.39, 0.29) is 23.0 Å². The van der Waals surface area contributed by atoms with E-state index in [4.69, 9.17) is 26.2 Å². The van der Waals surface area contributed by atoms with Crippen molar-refractivity contribution >= 4 is 63.3 Å². The van der Waals surface area contributed by atoms with Crippen molar-refractivity contribution in [1.82, 2.24) is 15.2 Å². The van der Waals surface area contributed by atoms with Crippen LogP contribution in [-0.2, 0) is 29.5 Å². The Hall–Kier alpha value is -6.21. The Balaban J connectivity index is 1.03. The largest absolute Gasteiger partial charge is 0.448 e. The summed E-state index contributed by atoms with van der Waals surface area (Å²) in [5.74, 6) is -1.42. The minimum Gasteiger partial charge on any atom is -0.448 e. The van der Waals surface area contributed by atoms with Crippen molar-refractivity contribution in [1.29, 1.82) is 0 Å². The molecule has 1 fully saturated rings. The number of nitrogens with one attached hydrogen (secondary N) is 2. The number of anilines is 1. The number of alkyl halides is 1. The molecule has 1 aromatic heterocycles. The molecule has 5 aromatic carbocycles. The number of nitrogens with zero attached hydrogens (tertiary/aromatic N) is 3. The lowest BCUT2D eigenvalue weighted by Crippen LogP contribution is -2.71. The van der Waals surface area contributed by atoms with Crippen LogP contribution in [0.4, 0.5) is 5.13 Å². The Morgan fingerprint density at radius 2 is 1.34 bits per heavy atom. The van der Waals surface area contributed by atoms with E-state index in [1.807, 2.05) is 115 Å². The first-order valence-electron chi connectivity index (χ1n) is 18.8. The van der Waals surface area contributed by atoms with E-state index < -0.39 is 40.8 Å². The number of carbonyl (C=O) groups excluding carboxylic acids is 3. The van der Waals surface area contributed by atoms with Crippen LogP contribution in [0.3, 0.4) is 0 Å². The number of amides is 2. The molecule has 0 spiro atoms. The number of rotatable bonds is 14. The minimum atomic E-state index is -0.966. The van der Waals surface area contributed by atoms with Gasteiger partial charge in [-0.05, 0) is 33.4 Å². The van der Waals surface area contributed by atoms with Crippen molar-refractivity contribution in [3.8, 4) is 0 Å². The molecule has 2 aliphatic heterocycles. The van der Waals surface area contributed by atoms with Crippen LogP contribution < -0.4 is 10.6 Å². The molecule has 1 saturated heterocycles. The Kier molecular flexibility index (Phi) is 11.9. The number of halogens is 1. The van der Waals surface area contributed by atoms with Gasteiger partial charge in [0.15, 0.2) is 16.9 Å². The molecular weight excluding hydrogens is 802 g/mol. The molecule has 2 aliphatic rings. The highest BCUT2D eigenvalue weighted by atomic mass is 35.5. The Morgan fingerprint density at radius 3 is 1.83 bits per heavy atom. The Bertz CT molecular complexity index is 2350. The van der Waals surface area contributed by atoms with Gasteiger partial charge in [0.05, 0.1) is 0 Å². The smallest absolute Gasteiger partial charge is 0.356 e. The number of carbonyl (C=O) groups is 3. The average Bonchev–Trinajstić information content (AvgIpc) is 3.76. The maximum Gasteiger partial charge on any atom is 0.356 e. The number of oxime groups is 1. The van der Waals surface area contributed by atoms with Gasteiger partial charge in [0.25, 0.3) is 11.8 Å². The molecule has 296 valence electrons. The number of hydrogen-bond acceptors (Lipinski definition) is 10. The van der Waals surface area contributed by atoms with Crippen LogP contribution in [0.15, 0.2) is 173 Å². The van der Waals surface area contributed by atoms with E-state index in [0.717, 1.165) is 27.8 Å². The van der Waals surface area contributed by atoms with Crippen molar-refractivity contribution < 1.29 is 24.0 Å². The predicted octanol–water partition coefficient (Wildman–Crippen LogP) is 8.12. The molecule has 6 aromatic rings. The SMILES string of the molecule is CO/N=C(\C(=O)NC1C(=O)N2C(C(=O)OC(c3ccccc3)c3ccccc3)=C(CCl)CS[C@@H]12)c1csc(NC(c2ccccc2)(c2ccccc2)c2ccccc2)n1. The number of benzene rings is 5. The topological polar surface area (TPSA) is 122 Å². The summed E-state index contributed by atoms with van der Waals surface area (Å²) < 4.78 is 6.17. The highest BCUT2D eigenvalue weighted by Gasteiger charge is 2.55. The number of esters is 1. The first-order valence-corrected chi connectivity index (χ1v) is 21.3. The zero-order valence-corrected chi connectivity index (χ0v) is 34.1. The van der Waals surface area contributed by atoms with Crippen LogP contribution in [0.5, 0.6) is 0 Å². The van der Waals surface area contributed by atoms with Crippen LogP contribution >= 0.6 is 34.7 Å². The molecule has 0 aliphatic carbocycles. The summed E-state index contributed by atoms with van der Waals surface area (Å²) in [6.07, 6.45) is -0.725. The molecule has 2 N–H and O–H groups in total. The lowest BCUT2D eigenvalue weighted by Gasteiger charge is -2.49. The molecular formula is C46H38ClN5O5S2. The van der Waals surface area contributed by atoms with Gasteiger partial charge < -0.3 is 20.2 Å². The maximum atomic E-state index is 14.1. The van der Waals surface area contributed by atoms with E-state index >= 15 is 0 Å². The summed E-state index contributed by atoms with van der Waals surface area (Å²) in [6.45, 7) is 0. The average molecular weight is 840 g/mol. The summed E-state index contributed by atoms with van der Waals surface area (Å²) in [6, 6.07) is 48.1. The molecule has 8 rings (SSSR count). The van der Waals surface area contributed by atoms with Crippen LogP contribution in [0, 0.1) is 0 Å². The van der Waals surface area contributed by atoms with E-state index in [0.29, 0.717) is 16.5 Å². The second-order valence-electron chi connectivity index (χ2n) is 13.7. The van der Waals surface area contributed by atoms with Gasteiger partial charge in [-0.2, -0.15) is 0 Å². The van der Waals surface area contributed by atoms with Crippen molar-refractivity contribution in [3.63, 3.8) is 0 Å². The third-order valence-electron chi connectivity index (χ3n) is 10.2. The fourth-order valence-electron chi connectivity index (χ4n) is 7.41. The highest BCUT2D eigenvalue weighted by Crippen LogP contribution is 2.43. The standard InChI is InChI=1S/C46H38ClN5O5S2/c1-56-51-37(36-29-59-45(48-36)50-46(33-21-11-4-12-22-33,34-23-13-5-14-24-34)35-25-15-6-16-26-35)41(53)49-38-42(54)52-39(32(27-47)28-58-43(38)52)44(55)57-40(30-17-7-2-8-18-30)31-19-9-3-10-20-31/h2-26,29,38,40,43H,27-28H2,1H3,(H,48,50)(H,49,53)/b51-37-/t38?,43-/m0/s1. The third-order valence-corrected chi connectivity index (χ3v) is 12.6. The first kappa shape index (κ1) is 39.6. The summed E-state index contributed by atoms with van der Waals surface area (Å²) in [7, 11) is 1.34. The number of aromatic nitrogens is 1. The van der Waals surface area contributed by atoms with Crippen LogP contribution in [0.25, 0.3) is 0 Å². The molecule has 10 nitrogen and oxygen atoms in total. The number of fused-ring (bicyclic) bond motifs is 1. The second kappa shape index (κ2) is 17.7. The lowest BCUT2D eigenvalue weighted by molar-refractivity contribution is -0.154. The van der Waals surface area contributed by atoms with Crippen molar-refractivity contribution in [3.05, 3.63) is 202 Å². The molecule has 2 amide bonds. The molecule has 0 radical (unpaired) electrons. The van der Waals surface area contributed by atoms with Crippen LogP contribution in [0.1, 0.15) is 39.6 Å². The van der Waals surface area contributed by atoms with E-state index in [2.05, 4.69) is 52.2 Å². The van der Waals surface area contributed by atoms with Crippen molar-refractivity contribution in [2.45, 2.75) is 23.1 Å². The van der Waals surface area contributed by atoms with Crippen molar-refractivity contribution in [2.24, 2.45) is 5.16 Å². The van der Waals surface area contributed by atoms with E-state index in [9.17, 15) is 14.4 Å². The molecule has 0 bridgehead atoms. The van der Waals surface area contributed by atoms with Crippen LogP contribution in [0.2, 0.25) is 0 Å². The van der Waals surface area contributed by atoms with Crippen LogP contribution in [-0.4, -0.2) is 63.5 Å². The lowest BCUT2D eigenvalue weighted by atomic mass is 9.77. The Morgan fingerprint density at radius 1 is 0.831 bits per heavy atom. The number of thioether (sulfide) groups is 1. The van der Waals surface area contributed by atoms with Gasteiger partial charge in [0.1, 0.15) is 35.5 Å². The van der Waals surface area contributed by atoms with Gasteiger partial charge in [0.2, 0.25) is 0 Å². The van der Waals surface area contributed by atoms with E-state index in [1.165, 1.54) is 35.1 Å². The Labute approximate surface area is 354 Å². The van der Waals surface area contributed by atoms with Gasteiger partial charge in [-0.25, -0.2) is 9.78 Å². The van der Waals surface area contributed by atoms with E-state index in [1.54, 1.807) is 5.38 Å². The molecule has 13 heteroatoms. The number of ether oxygens (including phenoxy) is 1. The number of hydrogen-bond donors (Lipinski definition) is 2. The third kappa shape index (κ3) is 7.86. The molecule has 1 unspecified atom stereocenters. The summed E-state index contributed by atoms with van der Waals surface area (Å²) >= 11 is 9.07. The minimum absolute atomic E-state index is 0.0250. The number of β-lactam (4-membered cyclic amide) rings is 1. The first-order chi connectivity index (χ1) is 28.9. The molecule has 0 saturated carbocycles. The van der Waals surface area contributed by atoms with Gasteiger partial charge in [0, 0.05) is 17.0 Å². The highest BCUT2D eigenvalue weighted by molar-refractivity contribution is 8.00. The second-order valence-corrected chi connectivity index (χ2v) is 15.9. The van der Waals surface area contributed by atoms with Gasteiger partial charge in [-0.3, -0.25) is 14.5 Å². The zero-order valence-electron chi connectivity index (χ0n) is 31.7. The van der Waals surface area contributed by atoms with Gasteiger partial charge in [-0.1, -0.05) is 157 Å². The monoisotopic (exact) mass is 839 g/mol. The molecule has 59 heavy (non-hydrogen) atoms. The molecule has 2 atom stereocenters. The van der Waals surface area contributed by atoms with Gasteiger partial charge in [-0.15, -0.1) is 34.7 Å². The zero-order chi connectivity index (χ0) is 40.8. The fraction of sp³-hybridized carbons (Fsp3) is 0.152. The summed E-state index contributed by atoms with van der Waals surface area (Å²) in [5, 5.41) is 12.3.